The van der Waals surface area contributed by atoms with Crippen LogP contribution >= 0.6 is 11.6 Å². The number of hydrogen-bond donors (Lipinski definition) is 0. The minimum Gasteiger partial charge on any atom is -0.393 e. The molecule has 1 aliphatic heterocycles. The summed E-state index contributed by atoms with van der Waals surface area (Å²) in [5.41, 5.74) is -0.123. The van der Waals surface area contributed by atoms with Crippen molar-refractivity contribution in [1.82, 2.24) is 0 Å². The third kappa shape index (κ3) is 1.67. The van der Waals surface area contributed by atoms with Gasteiger partial charge in [-0.25, -0.2) is 8.78 Å². The molecule has 1 saturated heterocycles. The second-order valence-electron chi connectivity index (χ2n) is 3.31. The van der Waals surface area contributed by atoms with Crippen LogP contribution in [0.2, 0.25) is 5.02 Å². The predicted molar refractivity (Wildman–Crippen MR) is 49.8 cm³/mol. The van der Waals surface area contributed by atoms with Crippen molar-refractivity contribution in [3.8, 4) is 0 Å². The fraction of sp³-hybridized carbons (Fsp3) is 0.200. The lowest BCUT2D eigenvalue weighted by Gasteiger charge is -2.07. The highest BCUT2D eigenvalue weighted by molar-refractivity contribution is 6.31. The van der Waals surface area contributed by atoms with Crippen molar-refractivity contribution >= 4 is 23.5 Å². The molecule has 84 valence electrons. The van der Waals surface area contributed by atoms with Crippen molar-refractivity contribution in [1.29, 1.82) is 0 Å². The van der Waals surface area contributed by atoms with Crippen LogP contribution < -0.4 is 0 Å². The van der Waals surface area contributed by atoms with E-state index >= 15 is 0 Å². The molecule has 0 spiro atoms. The van der Waals surface area contributed by atoms with Gasteiger partial charge >= 0.3 is 11.9 Å². The van der Waals surface area contributed by atoms with Gasteiger partial charge in [0.25, 0.3) is 0 Å². The Morgan fingerprint density at radius 3 is 2.56 bits per heavy atom. The summed E-state index contributed by atoms with van der Waals surface area (Å²) in [5, 5.41) is -0.690. The van der Waals surface area contributed by atoms with Crippen molar-refractivity contribution in [2.24, 2.45) is 0 Å². The molecule has 3 nitrogen and oxygen atoms in total. The molecule has 1 heterocycles. The van der Waals surface area contributed by atoms with Gasteiger partial charge in [0.1, 0.15) is 16.7 Å². The molecule has 0 radical (unpaired) electrons. The summed E-state index contributed by atoms with van der Waals surface area (Å²) in [5.74, 6) is -4.55. The van der Waals surface area contributed by atoms with E-state index in [4.69, 9.17) is 11.6 Å². The Morgan fingerprint density at radius 2 is 2.00 bits per heavy atom. The zero-order chi connectivity index (χ0) is 11.9. The Kier molecular flexibility index (Phi) is 2.63. The van der Waals surface area contributed by atoms with Crippen LogP contribution in [0.3, 0.4) is 0 Å². The summed E-state index contributed by atoms with van der Waals surface area (Å²) in [6, 6.07) is 2.03. The van der Waals surface area contributed by atoms with Crippen LogP contribution in [0.15, 0.2) is 12.1 Å². The molecule has 0 amide bonds. The third-order valence-electron chi connectivity index (χ3n) is 2.31. The van der Waals surface area contributed by atoms with E-state index in [1.165, 1.54) is 0 Å². The number of benzene rings is 1. The first kappa shape index (κ1) is 11.0. The maximum atomic E-state index is 13.5. The van der Waals surface area contributed by atoms with Gasteiger partial charge in [0.15, 0.2) is 0 Å². The SMILES string of the molecule is O=C1CC(c2ccc(F)c(Cl)c2F)C(=O)O1. The van der Waals surface area contributed by atoms with Crippen molar-refractivity contribution in [3.05, 3.63) is 34.4 Å². The highest BCUT2D eigenvalue weighted by Crippen LogP contribution is 2.32. The van der Waals surface area contributed by atoms with Gasteiger partial charge in [0, 0.05) is 5.56 Å². The molecule has 1 aliphatic rings. The number of carbonyl (C=O) groups excluding carboxylic acids is 2. The average molecular weight is 247 g/mol. The predicted octanol–water partition coefficient (Wildman–Crippen LogP) is 2.18. The molecule has 1 fully saturated rings. The van der Waals surface area contributed by atoms with Crippen molar-refractivity contribution in [3.63, 3.8) is 0 Å². The zero-order valence-corrected chi connectivity index (χ0v) is 8.55. The number of halogens is 3. The molecule has 0 bridgehead atoms. The van der Waals surface area contributed by atoms with Crippen molar-refractivity contribution in [2.75, 3.05) is 0 Å². The standard InChI is InChI=1S/C10H5ClF2O3/c11-8-6(12)2-1-4(9(8)13)5-3-7(14)16-10(5)15/h1-2,5H,3H2. The van der Waals surface area contributed by atoms with Gasteiger partial charge in [-0.2, -0.15) is 0 Å². The number of hydrogen-bond acceptors (Lipinski definition) is 3. The minimum absolute atomic E-state index is 0.123. The molecule has 1 unspecified atom stereocenters. The molecular formula is C10H5ClF2O3. The molecule has 6 heteroatoms. The summed E-state index contributed by atoms with van der Waals surface area (Å²) >= 11 is 5.36. The smallest absolute Gasteiger partial charge is 0.321 e. The lowest BCUT2D eigenvalue weighted by Crippen LogP contribution is -2.08. The first-order chi connectivity index (χ1) is 7.50. The average Bonchev–Trinajstić information content (AvgIpc) is 2.55. The Hall–Kier alpha value is -1.49. The number of esters is 2. The molecule has 1 aromatic carbocycles. The molecule has 1 aromatic rings. The van der Waals surface area contributed by atoms with E-state index < -0.39 is 34.5 Å². The van der Waals surface area contributed by atoms with E-state index in [2.05, 4.69) is 4.74 Å². The first-order valence-electron chi connectivity index (χ1n) is 4.38. The number of carbonyl (C=O) groups is 2. The van der Waals surface area contributed by atoms with E-state index in [0.29, 0.717) is 0 Å². The van der Waals surface area contributed by atoms with E-state index in [1.807, 2.05) is 0 Å². The Balaban J connectivity index is 2.45. The molecule has 1 atom stereocenters. The summed E-state index contributed by atoms with van der Waals surface area (Å²) < 4.78 is 30.7. The second-order valence-corrected chi connectivity index (χ2v) is 3.69. The molecule has 0 saturated carbocycles. The highest BCUT2D eigenvalue weighted by atomic mass is 35.5. The molecule has 16 heavy (non-hydrogen) atoms. The maximum absolute atomic E-state index is 13.5. The Morgan fingerprint density at radius 1 is 1.31 bits per heavy atom. The van der Waals surface area contributed by atoms with Gasteiger partial charge < -0.3 is 4.74 Å². The van der Waals surface area contributed by atoms with E-state index in [9.17, 15) is 18.4 Å². The largest absolute Gasteiger partial charge is 0.393 e. The fourth-order valence-electron chi connectivity index (χ4n) is 1.52. The first-order valence-corrected chi connectivity index (χ1v) is 4.76. The quantitative estimate of drug-likeness (QED) is 0.433. The third-order valence-corrected chi connectivity index (χ3v) is 2.66. The highest BCUT2D eigenvalue weighted by Gasteiger charge is 2.37. The molecule has 0 N–H and O–H groups in total. The van der Waals surface area contributed by atoms with Crippen molar-refractivity contribution in [2.45, 2.75) is 12.3 Å². The molecule has 0 aliphatic carbocycles. The van der Waals surface area contributed by atoms with Gasteiger partial charge in [-0.1, -0.05) is 17.7 Å². The van der Waals surface area contributed by atoms with E-state index in [0.717, 1.165) is 12.1 Å². The van der Waals surface area contributed by atoms with Gasteiger partial charge in [0.05, 0.1) is 12.3 Å². The molecule has 0 aromatic heterocycles. The van der Waals surface area contributed by atoms with Gasteiger partial charge in [-0.05, 0) is 6.07 Å². The lowest BCUT2D eigenvalue weighted by atomic mass is 9.97. The maximum Gasteiger partial charge on any atom is 0.321 e. The van der Waals surface area contributed by atoms with Gasteiger partial charge in [-0.3, -0.25) is 9.59 Å². The van der Waals surface area contributed by atoms with Crippen molar-refractivity contribution < 1.29 is 23.1 Å². The van der Waals surface area contributed by atoms with E-state index in [-0.39, 0.29) is 12.0 Å². The lowest BCUT2D eigenvalue weighted by molar-refractivity contribution is -0.152. The topological polar surface area (TPSA) is 43.4 Å². The molecule has 2 rings (SSSR count). The second kappa shape index (κ2) is 3.83. The normalized spacial score (nSPS) is 20.1. The van der Waals surface area contributed by atoms with Crippen LogP contribution in [0.5, 0.6) is 0 Å². The minimum atomic E-state index is -1.04. The monoisotopic (exact) mass is 246 g/mol. The number of ether oxygens (including phenoxy) is 1. The van der Waals surface area contributed by atoms with Crippen LogP contribution in [-0.4, -0.2) is 11.9 Å². The summed E-state index contributed by atoms with van der Waals surface area (Å²) in [6.45, 7) is 0. The van der Waals surface area contributed by atoms with Crippen LogP contribution in [0, 0.1) is 11.6 Å². The fourth-order valence-corrected chi connectivity index (χ4v) is 1.69. The summed E-state index contributed by atoms with van der Waals surface area (Å²) in [4.78, 5) is 22.0. The number of cyclic esters (lactones) is 2. The van der Waals surface area contributed by atoms with Gasteiger partial charge in [-0.15, -0.1) is 0 Å². The summed E-state index contributed by atoms with van der Waals surface area (Å²) in [7, 11) is 0. The van der Waals surface area contributed by atoms with Crippen LogP contribution in [0.1, 0.15) is 17.9 Å². The summed E-state index contributed by atoms with van der Waals surface area (Å²) in [6.07, 6.45) is -0.252. The van der Waals surface area contributed by atoms with Gasteiger partial charge in [0.2, 0.25) is 0 Å². The zero-order valence-electron chi connectivity index (χ0n) is 7.80. The van der Waals surface area contributed by atoms with Crippen LogP contribution in [0.25, 0.3) is 0 Å². The molecular weight excluding hydrogens is 242 g/mol. The van der Waals surface area contributed by atoms with Crippen LogP contribution in [-0.2, 0) is 14.3 Å². The van der Waals surface area contributed by atoms with E-state index in [1.54, 1.807) is 0 Å². The Bertz CT molecular complexity index is 487. The number of rotatable bonds is 1. The van der Waals surface area contributed by atoms with Crippen LogP contribution in [0.4, 0.5) is 8.78 Å². The Labute approximate surface area is 94.0 Å².